The van der Waals surface area contributed by atoms with E-state index in [0.29, 0.717) is 5.69 Å². The first-order valence-corrected chi connectivity index (χ1v) is 13.4. The van der Waals surface area contributed by atoms with Crippen LogP contribution in [0.1, 0.15) is 0 Å². The number of benzene rings is 3. The van der Waals surface area contributed by atoms with Crippen LogP contribution in [0.4, 0.5) is 11.4 Å². The molecule has 19 heteroatoms. The van der Waals surface area contributed by atoms with Crippen molar-refractivity contribution in [3.05, 3.63) is 84.5 Å². The number of halogens is 1. The number of nitro benzene ring substituents is 2. The third-order valence-electron chi connectivity index (χ3n) is 4.85. The lowest BCUT2D eigenvalue weighted by molar-refractivity contribution is -0.736. The van der Waals surface area contributed by atoms with E-state index in [9.17, 15) is 42.0 Å². The Kier molecular flexibility index (Phi) is 7.46. The van der Waals surface area contributed by atoms with Gasteiger partial charge in [-0.25, -0.2) is 0 Å². The monoisotopic (exact) mass is 675 g/mol. The van der Waals surface area contributed by atoms with Crippen molar-refractivity contribution in [3.8, 4) is 28.5 Å². The summed E-state index contributed by atoms with van der Waals surface area (Å²) in [5.74, 6) is -0.760. The Morgan fingerprint density at radius 2 is 1.71 bits per heavy atom. The molecule has 2 N–H and O–H groups in total. The zero-order valence-electron chi connectivity index (χ0n) is 18.3. The smallest absolute Gasteiger partial charge is 0.357 e. The van der Waals surface area contributed by atoms with Crippen molar-refractivity contribution >= 4 is 55.4 Å². The van der Waals surface area contributed by atoms with Crippen molar-refractivity contribution in [2.75, 3.05) is 0 Å². The molecule has 1 unspecified atom stereocenters. The molecule has 38 heavy (non-hydrogen) atoms. The highest BCUT2D eigenvalue weighted by atomic mass is 127. The molecule has 3 aromatic carbocycles. The Hall–Kier alpha value is -3.92. The maximum atomic E-state index is 11.8. The van der Waals surface area contributed by atoms with Crippen LogP contribution >= 0.6 is 22.6 Å². The average Bonchev–Trinajstić information content (AvgIpc) is 3.28. The van der Waals surface area contributed by atoms with Crippen LogP contribution in [0.15, 0.2) is 65.6 Å². The summed E-state index contributed by atoms with van der Waals surface area (Å²) in [6, 6.07) is 12.3. The maximum Gasteiger partial charge on any atom is 0.357 e. The second-order valence-electron chi connectivity index (χ2n) is 7.20. The summed E-state index contributed by atoms with van der Waals surface area (Å²) in [6.07, 6.45) is 0. The van der Waals surface area contributed by atoms with Gasteiger partial charge < -0.3 is 4.18 Å². The molecule has 0 aliphatic rings. The molecule has 0 radical (unpaired) electrons. The molecule has 4 aromatic rings. The van der Waals surface area contributed by atoms with Gasteiger partial charge in [-0.2, -0.15) is 12.6 Å². The molecular formula is C19H12IN6O10S2+. The van der Waals surface area contributed by atoms with Crippen LogP contribution in [-0.2, 0) is 21.5 Å². The van der Waals surface area contributed by atoms with E-state index in [2.05, 4.69) is 32.8 Å². The summed E-state index contributed by atoms with van der Waals surface area (Å²) in [4.78, 5) is 22.8. The Bertz CT molecular complexity index is 1730. The van der Waals surface area contributed by atoms with Gasteiger partial charge in [-0.05, 0) is 68.9 Å². The fourth-order valence-corrected chi connectivity index (χ4v) is 4.37. The molecule has 0 amide bonds. The Labute approximate surface area is 228 Å². The molecule has 0 spiro atoms. The highest BCUT2D eigenvalue weighted by Crippen LogP contribution is 2.31. The van der Waals surface area contributed by atoms with Crippen molar-refractivity contribution in [1.29, 1.82) is 0 Å². The van der Waals surface area contributed by atoms with Gasteiger partial charge in [0.2, 0.25) is 0 Å². The molecule has 196 valence electrons. The standard InChI is InChI=1S/C19H11IN6O10S2/c20-11-1-3-12(4-2-11)23-21-19(15-7-6-14(38(33,34)35)10-18(15)36-37(31)32)22-24(23)16-8-5-13(25(27)28)9-17(16)26(29)30/h1-10H,(H-,31,32,33,34,35)/p+1. The van der Waals surface area contributed by atoms with Crippen LogP contribution in [0.2, 0.25) is 0 Å². The largest absolute Gasteiger partial charge is 0.379 e. The summed E-state index contributed by atoms with van der Waals surface area (Å²) >= 11 is -0.870. The summed E-state index contributed by atoms with van der Waals surface area (Å²) < 4.78 is 58.7. The molecule has 0 aliphatic carbocycles. The molecule has 1 heterocycles. The molecule has 1 aromatic heterocycles. The van der Waals surface area contributed by atoms with E-state index in [0.717, 1.165) is 49.6 Å². The molecule has 0 bridgehead atoms. The van der Waals surface area contributed by atoms with Crippen molar-refractivity contribution in [2.45, 2.75) is 4.90 Å². The molecular weight excluding hydrogens is 663 g/mol. The second-order valence-corrected chi connectivity index (χ2v) is 10.5. The number of hydrogen-bond acceptors (Lipinski definition) is 10. The summed E-state index contributed by atoms with van der Waals surface area (Å²) in [6.45, 7) is 0. The minimum atomic E-state index is -4.72. The highest BCUT2D eigenvalue weighted by Gasteiger charge is 2.33. The minimum absolute atomic E-state index is 0.123. The van der Waals surface area contributed by atoms with Crippen LogP contribution in [0.25, 0.3) is 22.8 Å². The van der Waals surface area contributed by atoms with E-state index in [1.165, 1.54) is 0 Å². The fraction of sp³-hybridized carbons (Fsp3) is 0. The number of rotatable bonds is 8. The predicted molar refractivity (Wildman–Crippen MR) is 136 cm³/mol. The molecule has 1 atom stereocenters. The Morgan fingerprint density at radius 1 is 1.03 bits per heavy atom. The van der Waals surface area contributed by atoms with E-state index in [1.807, 2.05) is 0 Å². The molecule has 0 aliphatic heterocycles. The molecule has 16 nitrogen and oxygen atoms in total. The predicted octanol–water partition coefficient (Wildman–Crippen LogP) is 2.39. The van der Waals surface area contributed by atoms with Crippen LogP contribution < -0.4 is 8.98 Å². The third kappa shape index (κ3) is 5.65. The topological polar surface area (TPSA) is 222 Å². The van der Waals surface area contributed by atoms with Gasteiger partial charge in [-0.15, -0.1) is 0 Å². The maximum absolute atomic E-state index is 11.8. The lowest BCUT2D eigenvalue weighted by Gasteiger charge is -2.05. The number of hydrogen-bond donors (Lipinski definition) is 2. The van der Waals surface area contributed by atoms with E-state index in [1.54, 1.807) is 24.3 Å². The van der Waals surface area contributed by atoms with Crippen LogP contribution in [0.5, 0.6) is 5.75 Å². The Balaban J connectivity index is 2.01. The SMILES string of the molecule is O=[N+]([O-])c1ccc(-[n+]2nc(-c3ccc(S(=O)(=O)O)cc3OS(=O)O)nn2-c2ccc(I)cc2)c([N+](=O)[O-])c1. The third-order valence-corrected chi connectivity index (χ3v) is 6.74. The fourth-order valence-electron chi connectivity index (χ4n) is 3.22. The van der Waals surface area contributed by atoms with Crippen LogP contribution in [-0.4, -0.2) is 46.6 Å². The zero-order valence-corrected chi connectivity index (χ0v) is 22.1. The van der Waals surface area contributed by atoms with Crippen LogP contribution in [0.3, 0.4) is 0 Å². The van der Waals surface area contributed by atoms with Crippen LogP contribution in [0, 0.1) is 23.8 Å². The minimum Gasteiger partial charge on any atom is -0.379 e. The summed E-state index contributed by atoms with van der Waals surface area (Å²) in [5, 5.41) is 31.5. The van der Waals surface area contributed by atoms with Crippen molar-refractivity contribution in [2.24, 2.45) is 0 Å². The van der Waals surface area contributed by atoms with Gasteiger partial charge in [0.25, 0.3) is 21.5 Å². The van der Waals surface area contributed by atoms with Crippen molar-refractivity contribution in [1.82, 2.24) is 15.0 Å². The van der Waals surface area contributed by atoms with Crippen molar-refractivity contribution in [3.63, 3.8) is 0 Å². The van der Waals surface area contributed by atoms with Gasteiger partial charge >= 0.3 is 22.9 Å². The van der Waals surface area contributed by atoms with E-state index in [-0.39, 0.29) is 17.1 Å². The van der Waals surface area contributed by atoms with Gasteiger partial charge in [0.1, 0.15) is 5.69 Å². The second kappa shape index (κ2) is 10.4. The van der Waals surface area contributed by atoms with Gasteiger partial charge in [0, 0.05) is 26.6 Å². The summed E-state index contributed by atoms with van der Waals surface area (Å²) in [7, 11) is -4.72. The van der Waals surface area contributed by atoms with E-state index in [4.69, 9.17) is 4.18 Å². The average molecular weight is 675 g/mol. The Morgan fingerprint density at radius 3 is 2.29 bits per heavy atom. The first-order chi connectivity index (χ1) is 17.8. The zero-order chi connectivity index (χ0) is 27.8. The van der Waals surface area contributed by atoms with Gasteiger partial charge in [0.15, 0.2) is 5.75 Å². The number of nitrogens with zero attached hydrogens (tertiary/aromatic N) is 6. The quantitative estimate of drug-likeness (QED) is 0.0686. The first-order valence-electron chi connectivity index (χ1n) is 9.85. The number of aromatic nitrogens is 4. The molecule has 0 saturated carbocycles. The molecule has 4 rings (SSSR count). The van der Waals surface area contributed by atoms with Gasteiger partial charge in [-0.3, -0.25) is 29.3 Å². The molecule has 0 fully saturated rings. The number of nitro groups is 2. The number of non-ortho nitro benzene ring substituents is 1. The van der Waals surface area contributed by atoms with Gasteiger partial charge in [-0.1, -0.05) is 0 Å². The highest BCUT2D eigenvalue weighted by molar-refractivity contribution is 14.1. The first kappa shape index (κ1) is 27.1. The lowest BCUT2D eigenvalue weighted by Crippen LogP contribution is -2.43. The van der Waals surface area contributed by atoms with Crippen molar-refractivity contribution < 1.29 is 40.6 Å². The van der Waals surface area contributed by atoms with E-state index >= 15 is 0 Å². The lowest BCUT2D eigenvalue weighted by atomic mass is 10.2. The van der Waals surface area contributed by atoms with E-state index < -0.39 is 53.3 Å². The van der Waals surface area contributed by atoms with Gasteiger partial charge in [0.05, 0.1) is 31.5 Å². The summed E-state index contributed by atoms with van der Waals surface area (Å²) in [5.41, 5.74) is -1.21. The molecule has 0 saturated heterocycles. The normalized spacial score (nSPS) is 12.2. The number of tetrazole rings is 1.